The summed E-state index contributed by atoms with van der Waals surface area (Å²) in [6.07, 6.45) is 10.2. The fourth-order valence-electron chi connectivity index (χ4n) is 5.43. The molecule has 4 aliphatic rings. The van der Waals surface area contributed by atoms with Crippen molar-refractivity contribution in [3.05, 3.63) is 0 Å². The highest BCUT2D eigenvalue weighted by atomic mass is 16.5. The minimum Gasteiger partial charge on any atom is -0.380 e. The van der Waals surface area contributed by atoms with E-state index in [9.17, 15) is 0 Å². The summed E-state index contributed by atoms with van der Waals surface area (Å²) in [5.74, 6) is 4.32. The van der Waals surface area contributed by atoms with Crippen molar-refractivity contribution < 1.29 is 4.74 Å². The van der Waals surface area contributed by atoms with Crippen LogP contribution >= 0.6 is 0 Å². The van der Waals surface area contributed by atoms with Gasteiger partial charge in [-0.3, -0.25) is 0 Å². The van der Waals surface area contributed by atoms with E-state index in [-0.39, 0.29) is 0 Å². The van der Waals surface area contributed by atoms with Crippen LogP contribution in [-0.2, 0) is 4.74 Å². The van der Waals surface area contributed by atoms with Crippen LogP contribution in [0, 0.1) is 23.7 Å². The monoisotopic (exact) mass is 235 g/mol. The summed E-state index contributed by atoms with van der Waals surface area (Å²) in [4.78, 5) is 0. The normalized spacial score (nSPS) is 52.9. The molecule has 0 aromatic rings. The molecule has 0 amide bonds. The second-order valence-electron chi connectivity index (χ2n) is 6.84. The number of hydrogen-bond donors (Lipinski definition) is 1. The van der Waals surface area contributed by atoms with E-state index in [1.807, 2.05) is 0 Å². The predicted molar refractivity (Wildman–Crippen MR) is 67.8 cm³/mol. The van der Waals surface area contributed by atoms with E-state index >= 15 is 0 Å². The Bertz CT molecular complexity index is 287. The lowest BCUT2D eigenvalue weighted by Crippen LogP contribution is -2.47. The molecule has 3 aliphatic carbocycles. The first-order chi connectivity index (χ1) is 8.42. The van der Waals surface area contributed by atoms with Crippen LogP contribution in [-0.4, -0.2) is 25.3 Å². The predicted octanol–water partition coefficient (Wildman–Crippen LogP) is 2.58. The molecule has 4 fully saturated rings. The summed E-state index contributed by atoms with van der Waals surface area (Å²) >= 11 is 0. The van der Waals surface area contributed by atoms with Gasteiger partial charge in [-0.05, 0) is 62.2 Å². The molecule has 6 unspecified atom stereocenters. The second-order valence-corrected chi connectivity index (χ2v) is 6.84. The highest BCUT2D eigenvalue weighted by Gasteiger charge is 2.53. The van der Waals surface area contributed by atoms with Crippen LogP contribution in [0.5, 0.6) is 0 Å². The van der Waals surface area contributed by atoms with Crippen LogP contribution in [0.2, 0.25) is 0 Å². The van der Waals surface area contributed by atoms with Gasteiger partial charge in [-0.15, -0.1) is 0 Å². The topological polar surface area (TPSA) is 21.3 Å². The van der Waals surface area contributed by atoms with Crippen LogP contribution in [0.3, 0.4) is 0 Å². The Morgan fingerprint density at radius 2 is 1.82 bits per heavy atom. The largest absolute Gasteiger partial charge is 0.380 e. The first-order valence-electron chi connectivity index (χ1n) is 7.75. The van der Waals surface area contributed by atoms with Crippen molar-refractivity contribution in [2.24, 2.45) is 23.7 Å². The Morgan fingerprint density at radius 1 is 0.882 bits per heavy atom. The molecule has 4 rings (SSSR count). The van der Waals surface area contributed by atoms with E-state index in [0.717, 1.165) is 42.9 Å². The summed E-state index contributed by atoms with van der Waals surface area (Å²) in [6.45, 7) is 1.95. The third kappa shape index (κ3) is 1.76. The van der Waals surface area contributed by atoms with E-state index in [2.05, 4.69) is 5.32 Å². The molecule has 96 valence electrons. The molecule has 2 heteroatoms. The molecule has 1 saturated heterocycles. The lowest BCUT2D eigenvalue weighted by molar-refractivity contribution is 0.0591. The van der Waals surface area contributed by atoms with Crippen LogP contribution in [0.4, 0.5) is 0 Å². The number of hydrogen-bond acceptors (Lipinski definition) is 2. The number of ether oxygens (including phenoxy) is 1. The summed E-state index contributed by atoms with van der Waals surface area (Å²) in [7, 11) is 0. The SMILES string of the molecule is C1COCC(NC2CC3CC2C2CCCC32)C1. The minimum absolute atomic E-state index is 0.660. The lowest BCUT2D eigenvalue weighted by atomic mass is 9.79. The zero-order chi connectivity index (χ0) is 11.2. The maximum atomic E-state index is 5.60. The van der Waals surface area contributed by atoms with Crippen molar-refractivity contribution in [2.75, 3.05) is 13.2 Å². The molecule has 1 heterocycles. The Morgan fingerprint density at radius 3 is 2.71 bits per heavy atom. The fourth-order valence-corrected chi connectivity index (χ4v) is 5.43. The van der Waals surface area contributed by atoms with E-state index in [0.29, 0.717) is 6.04 Å². The standard InChI is InChI=1S/C15H25NO/c1-4-12-10-7-14(13(12)5-1)15(8-10)16-11-3-2-6-17-9-11/h10-16H,1-9H2. The van der Waals surface area contributed by atoms with Gasteiger partial charge in [-0.1, -0.05) is 6.42 Å². The summed E-state index contributed by atoms with van der Waals surface area (Å²) in [5, 5.41) is 3.94. The number of fused-ring (bicyclic) bond motifs is 5. The van der Waals surface area contributed by atoms with E-state index in [1.165, 1.54) is 32.1 Å². The van der Waals surface area contributed by atoms with E-state index in [1.54, 1.807) is 12.8 Å². The third-order valence-corrected chi connectivity index (χ3v) is 6.04. The molecule has 2 bridgehead atoms. The van der Waals surface area contributed by atoms with Gasteiger partial charge in [0.15, 0.2) is 0 Å². The molecule has 3 saturated carbocycles. The van der Waals surface area contributed by atoms with Crippen molar-refractivity contribution in [1.29, 1.82) is 0 Å². The molecular weight excluding hydrogens is 210 g/mol. The highest BCUT2D eigenvalue weighted by Crippen LogP contribution is 2.58. The number of rotatable bonds is 2. The fraction of sp³-hybridized carbons (Fsp3) is 1.00. The zero-order valence-electron chi connectivity index (χ0n) is 10.7. The first kappa shape index (κ1) is 10.8. The molecule has 6 atom stereocenters. The van der Waals surface area contributed by atoms with Crippen LogP contribution in [0.15, 0.2) is 0 Å². The van der Waals surface area contributed by atoms with Crippen molar-refractivity contribution >= 4 is 0 Å². The van der Waals surface area contributed by atoms with Crippen LogP contribution in [0.1, 0.15) is 44.9 Å². The van der Waals surface area contributed by atoms with Crippen LogP contribution < -0.4 is 5.32 Å². The molecule has 17 heavy (non-hydrogen) atoms. The molecule has 1 aliphatic heterocycles. The highest BCUT2D eigenvalue weighted by molar-refractivity contribution is 5.06. The number of nitrogens with one attached hydrogen (secondary N) is 1. The molecular formula is C15H25NO. The molecule has 1 N–H and O–H groups in total. The second kappa shape index (κ2) is 4.24. The quantitative estimate of drug-likeness (QED) is 0.794. The molecule has 2 nitrogen and oxygen atoms in total. The Kier molecular flexibility index (Phi) is 2.69. The lowest BCUT2D eigenvalue weighted by Gasteiger charge is -2.35. The van der Waals surface area contributed by atoms with Gasteiger partial charge in [-0.25, -0.2) is 0 Å². The molecule has 0 aromatic carbocycles. The zero-order valence-corrected chi connectivity index (χ0v) is 10.7. The first-order valence-corrected chi connectivity index (χ1v) is 7.75. The van der Waals surface area contributed by atoms with E-state index < -0.39 is 0 Å². The van der Waals surface area contributed by atoms with Gasteiger partial charge in [0.2, 0.25) is 0 Å². The Hall–Kier alpha value is -0.0800. The average molecular weight is 235 g/mol. The summed E-state index contributed by atoms with van der Waals surface area (Å²) in [6, 6.07) is 1.50. The van der Waals surface area contributed by atoms with Gasteiger partial charge in [0.05, 0.1) is 6.61 Å². The Balaban J connectivity index is 1.40. The van der Waals surface area contributed by atoms with Gasteiger partial charge < -0.3 is 10.1 Å². The van der Waals surface area contributed by atoms with Gasteiger partial charge >= 0.3 is 0 Å². The van der Waals surface area contributed by atoms with Gasteiger partial charge in [0.1, 0.15) is 0 Å². The average Bonchev–Trinajstić information content (AvgIpc) is 3.01. The summed E-state index contributed by atoms with van der Waals surface area (Å²) < 4.78 is 5.60. The van der Waals surface area contributed by atoms with Crippen molar-refractivity contribution in [2.45, 2.75) is 57.0 Å². The Labute approximate surface area is 104 Å². The van der Waals surface area contributed by atoms with Gasteiger partial charge in [0, 0.05) is 18.7 Å². The maximum Gasteiger partial charge on any atom is 0.0619 e. The third-order valence-electron chi connectivity index (χ3n) is 6.04. The summed E-state index contributed by atoms with van der Waals surface area (Å²) in [5.41, 5.74) is 0. The van der Waals surface area contributed by atoms with Gasteiger partial charge in [0.25, 0.3) is 0 Å². The van der Waals surface area contributed by atoms with Crippen molar-refractivity contribution in [1.82, 2.24) is 5.32 Å². The smallest absolute Gasteiger partial charge is 0.0619 e. The van der Waals surface area contributed by atoms with Crippen LogP contribution in [0.25, 0.3) is 0 Å². The van der Waals surface area contributed by atoms with Gasteiger partial charge in [-0.2, -0.15) is 0 Å². The minimum atomic E-state index is 0.660. The van der Waals surface area contributed by atoms with Crippen molar-refractivity contribution in [3.8, 4) is 0 Å². The molecule has 0 radical (unpaired) electrons. The molecule has 0 spiro atoms. The van der Waals surface area contributed by atoms with Crippen molar-refractivity contribution in [3.63, 3.8) is 0 Å². The maximum absolute atomic E-state index is 5.60. The molecule has 0 aromatic heterocycles. The van der Waals surface area contributed by atoms with E-state index in [4.69, 9.17) is 4.74 Å².